The Labute approximate surface area is 133 Å². The second-order valence-corrected chi connectivity index (χ2v) is 6.76. The Morgan fingerprint density at radius 2 is 2.30 bits per heavy atom. The molecule has 0 saturated carbocycles. The topological polar surface area (TPSA) is 29.9 Å². The number of imidazole rings is 1. The maximum absolute atomic E-state index is 4.37. The van der Waals surface area contributed by atoms with Crippen LogP contribution in [0.1, 0.15) is 12.2 Å². The van der Waals surface area contributed by atoms with Gasteiger partial charge in [0.15, 0.2) is 0 Å². The van der Waals surface area contributed by atoms with Crippen molar-refractivity contribution >= 4 is 27.7 Å². The number of hydrogen-bond donors (Lipinski definition) is 1. The lowest BCUT2D eigenvalue weighted by atomic mass is 10.2. The Balaban J connectivity index is 1.82. The van der Waals surface area contributed by atoms with Crippen molar-refractivity contribution in [3.05, 3.63) is 47.0 Å². The van der Waals surface area contributed by atoms with E-state index in [2.05, 4.69) is 55.1 Å². The van der Waals surface area contributed by atoms with Crippen molar-refractivity contribution in [2.75, 3.05) is 12.8 Å². The first-order chi connectivity index (χ1) is 9.69. The molecule has 0 aliphatic rings. The summed E-state index contributed by atoms with van der Waals surface area (Å²) in [7, 11) is 4.08. The van der Waals surface area contributed by atoms with E-state index in [9.17, 15) is 0 Å². The van der Waals surface area contributed by atoms with Crippen molar-refractivity contribution in [3.8, 4) is 0 Å². The zero-order valence-corrected chi connectivity index (χ0v) is 14.2. The minimum atomic E-state index is 0.496. The van der Waals surface area contributed by atoms with Crippen molar-refractivity contribution in [3.63, 3.8) is 0 Å². The number of hydrogen-bond acceptors (Lipinski definition) is 3. The molecule has 2 rings (SSSR count). The molecule has 0 fully saturated rings. The van der Waals surface area contributed by atoms with E-state index >= 15 is 0 Å². The van der Waals surface area contributed by atoms with Gasteiger partial charge in [-0.05, 0) is 31.7 Å². The predicted molar refractivity (Wildman–Crippen MR) is 89.2 cm³/mol. The summed E-state index contributed by atoms with van der Waals surface area (Å²) >= 11 is 5.40. The lowest BCUT2D eigenvalue weighted by Gasteiger charge is -2.15. The molecule has 20 heavy (non-hydrogen) atoms. The second-order valence-electron chi connectivity index (χ2n) is 4.75. The van der Waals surface area contributed by atoms with Gasteiger partial charge in [-0.15, -0.1) is 11.8 Å². The van der Waals surface area contributed by atoms with Gasteiger partial charge in [-0.3, -0.25) is 0 Å². The smallest absolute Gasteiger partial charge is 0.108 e. The van der Waals surface area contributed by atoms with Gasteiger partial charge in [0.1, 0.15) is 5.82 Å². The van der Waals surface area contributed by atoms with Crippen LogP contribution in [0.25, 0.3) is 0 Å². The molecular formula is C15H20BrN3S. The van der Waals surface area contributed by atoms with Crippen LogP contribution in [-0.4, -0.2) is 28.4 Å². The third-order valence-corrected chi connectivity index (χ3v) is 4.94. The predicted octanol–water partition coefficient (Wildman–Crippen LogP) is 3.50. The molecule has 2 aromatic rings. The van der Waals surface area contributed by atoms with E-state index < -0.39 is 0 Å². The molecule has 1 atom stereocenters. The monoisotopic (exact) mass is 353 g/mol. The minimum absolute atomic E-state index is 0.496. The lowest BCUT2D eigenvalue weighted by molar-refractivity contribution is 0.557. The Bertz CT molecular complexity index is 541. The number of thioether (sulfide) groups is 1. The molecule has 0 aliphatic heterocycles. The highest BCUT2D eigenvalue weighted by Crippen LogP contribution is 2.23. The van der Waals surface area contributed by atoms with Crippen LogP contribution in [0.15, 0.2) is 46.0 Å². The normalized spacial score (nSPS) is 12.6. The average molecular weight is 354 g/mol. The molecule has 0 aliphatic carbocycles. The van der Waals surface area contributed by atoms with Gasteiger partial charge in [0, 0.05) is 47.0 Å². The van der Waals surface area contributed by atoms with E-state index in [0.29, 0.717) is 6.04 Å². The second kappa shape index (κ2) is 7.86. The number of aromatic nitrogens is 2. The van der Waals surface area contributed by atoms with Crippen LogP contribution < -0.4 is 5.32 Å². The van der Waals surface area contributed by atoms with Crippen molar-refractivity contribution in [2.24, 2.45) is 7.05 Å². The first-order valence-corrected chi connectivity index (χ1v) is 8.48. The molecule has 0 saturated heterocycles. The van der Waals surface area contributed by atoms with Gasteiger partial charge in [-0.1, -0.05) is 22.0 Å². The molecular weight excluding hydrogens is 334 g/mol. The zero-order chi connectivity index (χ0) is 14.4. The number of nitrogens with one attached hydrogen (secondary N) is 1. The van der Waals surface area contributed by atoms with E-state index in [1.807, 2.05) is 38.3 Å². The maximum Gasteiger partial charge on any atom is 0.108 e. The molecule has 0 amide bonds. The molecule has 1 heterocycles. The van der Waals surface area contributed by atoms with E-state index in [-0.39, 0.29) is 0 Å². The van der Waals surface area contributed by atoms with Gasteiger partial charge in [-0.2, -0.15) is 0 Å². The summed E-state index contributed by atoms with van der Waals surface area (Å²) in [6.45, 7) is 0. The first-order valence-electron chi connectivity index (χ1n) is 6.71. The van der Waals surface area contributed by atoms with E-state index in [0.717, 1.165) is 28.9 Å². The zero-order valence-electron chi connectivity index (χ0n) is 11.8. The van der Waals surface area contributed by atoms with Crippen molar-refractivity contribution < 1.29 is 0 Å². The van der Waals surface area contributed by atoms with Gasteiger partial charge in [0.05, 0.1) is 0 Å². The quantitative estimate of drug-likeness (QED) is 0.772. The summed E-state index contributed by atoms with van der Waals surface area (Å²) in [6.07, 6.45) is 5.97. The van der Waals surface area contributed by atoms with Crippen LogP contribution in [0.5, 0.6) is 0 Å². The van der Waals surface area contributed by atoms with Gasteiger partial charge >= 0.3 is 0 Å². The standard InChI is InChI=1S/C15H20BrN3S/c1-17-13(6-7-15-18-8-9-19(15)2)11-20-14-5-3-4-12(16)10-14/h3-5,8-10,13,17H,6-7,11H2,1-2H3. The van der Waals surface area contributed by atoms with Crippen LogP contribution in [0, 0.1) is 0 Å². The molecule has 1 aromatic heterocycles. The number of benzene rings is 1. The van der Waals surface area contributed by atoms with Crippen LogP contribution in [0.4, 0.5) is 0 Å². The van der Waals surface area contributed by atoms with Crippen molar-refractivity contribution in [1.82, 2.24) is 14.9 Å². The Morgan fingerprint density at radius 3 is 2.95 bits per heavy atom. The van der Waals surface area contributed by atoms with Gasteiger partial charge in [-0.25, -0.2) is 4.98 Å². The molecule has 1 N–H and O–H groups in total. The summed E-state index contributed by atoms with van der Waals surface area (Å²) in [5.41, 5.74) is 0. The van der Waals surface area contributed by atoms with Crippen LogP contribution >= 0.6 is 27.7 Å². The van der Waals surface area contributed by atoms with Gasteiger partial charge < -0.3 is 9.88 Å². The molecule has 3 nitrogen and oxygen atoms in total. The molecule has 1 unspecified atom stereocenters. The van der Waals surface area contributed by atoms with Crippen molar-refractivity contribution in [2.45, 2.75) is 23.8 Å². The Hall–Kier alpha value is -0.780. The fraction of sp³-hybridized carbons (Fsp3) is 0.400. The fourth-order valence-corrected chi connectivity index (χ4v) is 3.67. The highest BCUT2D eigenvalue weighted by Gasteiger charge is 2.09. The SMILES string of the molecule is CNC(CCc1nccn1C)CSc1cccc(Br)c1. The number of rotatable bonds is 7. The summed E-state index contributed by atoms with van der Waals surface area (Å²) < 4.78 is 3.23. The van der Waals surface area contributed by atoms with Crippen LogP contribution in [0.3, 0.4) is 0 Å². The largest absolute Gasteiger partial charge is 0.338 e. The summed E-state index contributed by atoms with van der Waals surface area (Å²) in [4.78, 5) is 5.68. The van der Waals surface area contributed by atoms with Crippen LogP contribution in [0.2, 0.25) is 0 Å². The van der Waals surface area contributed by atoms with E-state index in [4.69, 9.17) is 0 Å². The molecule has 1 aromatic carbocycles. The summed E-state index contributed by atoms with van der Waals surface area (Å²) in [5.74, 6) is 2.22. The molecule has 5 heteroatoms. The van der Waals surface area contributed by atoms with Gasteiger partial charge in [0.2, 0.25) is 0 Å². The lowest BCUT2D eigenvalue weighted by Crippen LogP contribution is -2.28. The Kier molecular flexibility index (Phi) is 6.13. The first kappa shape index (κ1) is 15.6. The number of halogens is 1. The van der Waals surface area contributed by atoms with Crippen molar-refractivity contribution in [1.29, 1.82) is 0 Å². The average Bonchev–Trinajstić information content (AvgIpc) is 2.85. The fourth-order valence-electron chi connectivity index (χ4n) is 2.01. The van der Waals surface area contributed by atoms with Crippen LogP contribution in [-0.2, 0) is 13.5 Å². The number of aryl methyl sites for hydroxylation is 2. The summed E-state index contributed by atoms with van der Waals surface area (Å²) in [6, 6.07) is 8.95. The molecule has 0 radical (unpaired) electrons. The molecule has 0 bridgehead atoms. The van der Waals surface area contributed by atoms with Gasteiger partial charge in [0.25, 0.3) is 0 Å². The van der Waals surface area contributed by atoms with E-state index in [1.54, 1.807) is 0 Å². The Morgan fingerprint density at radius 1 is 1.45 bits per heavy atom. The minimum Gasteiger partial charge on any atom is -0.338 e. The molecule has 0 spiro atoms. The molecule has 108 valence electrons. The third-order valence-electron chi connectivity index (χ3n) is 3.29. The highest BCUT2D eigenvalue weighted by atomic mass is 79.9. The highest BCUT2D eigenvalue weighted by molar-refractivity contribution is 9.10. The third kappa shape index (κ3) is 4.65. The maximum atomic E-state index is 4.37. The van der Waals surface area contributed by atoms with E-state index in [1.165, 1.54) is 4.90 Å². The number of nitrogens with zero attached hydrogens (tertiary/aromatic N) is 2. The summed E-state index contributed by atoms with van der Waals surface area (Å²) in [5, 5.41) is 3.40.